The van der Waals surface area contributed by atoms with E-state index in [1.54, 1.807) is 4.90 Å². The van der Waals surface area contributed by atoms with E-state index in [4.69, 9.17) is 4.74 Å². The van der Waals surface area contributed by atoms with Gasteiger partial charge in [0.05, 0.1) is 0 Å². The molecule has 0 radical (unpaired) electrons. The second kappa shape index (κ2) is 7.57. The Bertz CT molecular complexity index is 1000. The maximum Gasteiger partial charge on any atom is 0.433 e. The molecule has 29 heavy (non-hydrogen) atoms. The van der Waals surface area contributed by atoms with Gasteiger partial charge in [-0.05, 0) is 5.56 Å². The van der Waals surface area contributed by atoms with Crippen LogP contribution in [0, 0.1) is 0 Å². The Kier molecular flexibility index (Phi) is 4.95. The lowest BCUT2D eigenvalue weighted by Crippen LogP contribution is -2.49. The van der Waals surface area contributed by atoms with Gasteiger partial charge in [0.15, 0.2) is 5.69 Å². The van der Waals surface area contributed by atoms with E-state index in [1.165, 1.54) is 9.42 Å². The topological polar surface area (TPSA) is 75.9 Å². The van der Waals surface area contributed by atoms with Gasteiger partial charge in [0.25, 0.3) is 5.78 Å². The van der Waals surface area contributed by atoms with Gasteiger partial charge in [-0.15, -0.1) is 0 Å². The third-order valence-corrected chi connectivity index (χ3v) is 4.59. The summed E-state index contributed by atoms with van der Waals surface area (Å²) in [6.07, 6.45) is -3.89. The number of piperazine rings is 1. The molecular weight excluding hydrogens is 389 g/mol. The molecule has 0 aliphatic carbocycles. The fraction of sp³-hybridized carbons (Fsp3) is 0.333. The summed E-state index contributed by atoms with van der Waals surface area (Å²) >= 11 is 0. The van der Waals surface area contributed by atoms with Gasteiger partial charge in [-0.3, -0.25) is 0 Å². The second-order valence-corrected chi connectivity index (χ2v) is 6.48. The highest BCUT2D eigenvalue weighted by molar-refractivity contribution is 5.68. The minimum atomic E-state index is -4.59. The average Bonchev–Trinajstić information content (AvgIpc) is 3.20. The normalized spacial score (nSPS) is 15.0. The minimum Gasteiger partial charge on any atom is -0.445 e. The predicted molar refractivity (Wildman–Crippen MR) is 96.2 cm³/mol. The molecule has 0 saturated carbocycles. The highest BCUT2D eigenvalue weighted by Gasteiger charge is 2.35. The summed E-state index contributed by atoms with van der Waals surface area (Å²) in [5.41, 5.74) is -0.151. The van der Waals surface area contributed by atoms with Crippen molar-refractivity contribution >= 4 is 17.7 Å². The van der Waals surface area contributed by atoms with Crippen LogP contribution in [0.15, 0.2) is 42.7 Å². The first kappa shape index (κ1) is 19.0. The number of amides is 1. The number of rotatable bonds is 3. The van der Waals surface area contributed by atoms with Crippen LogP contribution in [-0.2, 0) is 17.5 Å². The van der Waals surface area contributed by atoms with E-state index < -0.39 is 18.0 Å². The van der Waals surface area contributed by atoms with Crippen LogP contribution in [0.25, 0.3) is 5.78 Å². The molecule has 1 fully saturated rings. The van der Waals surface area contributed by atoms with Gasteiger partial charge in [-0.2, -0.15) is 27.8 Å². The number of hydrogen-bond acceptors (Lipinski definition) is 6. The van der Waals surface area contributed by atoms with Crippen molar-refractivity contribution in [3.63, 3.8) is 0 Å². The van der Waals surface area contributed by atoms with Crippen LogP contribution in [0.3, 0.4) is 0 Å². The summed E-state index contributed by atoms with van der Waals surface area (Å²) < 4.78 is 46.0. The maximum atomic E-state index is 13.2. The summed E-state index contributed by atoms with van der Waals surface area (Å²) in [6, 6.07) is 10.3. The Hall–Kier alpha value is -3.37. The van der Waals surface area contributed by atoms with Crippen molar-refractivity contribution in [3.8, 4) is 0 Å². The van der Waals surface area contributed by atoms with Gasteiger partial charge in [0.1, 0.15) is 18.8 Å². The van der Waals surface area contributed by atoms with Gasteiger partial charge in [0.2, 0.25) is 0 Å². The van der Waals surface area contributed by atoms with E-state index in [2.05, 4.69) is 15.1 Å². The molecule has 3 aromatic rings. The van der Waals surface area contributed by atoms with E-state index in [1.807, 2.05) is 30.3 Å². The van der Waals surface area contributed by atoms with Crippen LogP contribution in [0.1, 0.15) is 11.3 Å². The first-order chi connectivity index (χ1) is 13.9. The smallest absolute Gasteiger partial charge is 0.433 e. The number of hydrogen-bond donors (Lipinski definition) is 0. The molecule has 0 bridgehead atoms. The zero-order valence-corrected chi connectivity index (χ0v) is 15.2. The zero-order chi connectivity index (χ0) is 20.4. The molecule has 0 spiro atoms. The molecule has 3 heterocycles. The van der Waals surface area contributed by atoms with E-state index in [-0.39, 0.29) is 18.2 Å². The zero-order valence-electron chi connectivity index (χ0n) is 15.2. The third kappa shape index (κ3) is 4.08. The Morgan fingerprint density at radius 1 is 1.10 bits per heavy atom. The minimum absolute atomic E-state index is 0.125. The molecule has 1 aliphatic rings. The maximum absolute atomic E-state index is 13.2. The van der Waals surface area contributed by atoms with E-state index in [9.17, 15) is 18.0 Å². The number of ether oxygens (including phenoxy) is 1. The summed E-state index contributed by atoms with van der Waals surface area (Å²) in [4.78, 5) is 22.8. The predicted octanol–water partition coefficient (Wildman–Crippen LogP) is 2.60. The third-order valence-electron chi connectivity index (χ3n) is 4.59. The lowest BCUT2D eigenvalue weighted by molar-refractivity contribution is -0.141. The molecule has 2 aromatic heterocycles. The molecule has 0 N–H and O–H groups in total. The molecule has 4 rings (SSSR count). The molecular formula is C18H17F3N6O2. The van der Waals surface area contributed by atoms with E-state index >= 15 is 0 Å². The largest absolute Gasteiger partial charge is 0.445 e. The van der Waals surface area contributed by atoms with Gasteiger partial charge in [-0.1, -0.05) is 30.3 Å². The van der Waals surface area contributed by atoms with Crippen molar-refractivity contribution < 1.29 is 22.7 Å². The number of fused-ring (bicyclic) bond motifs is 1. The monoisotopic (exact) mass is 406 g/mol. The van der Waals surface area contributed by atoms with Crippen molar-refractivity contribution in [1.82, 2.24) is 24.5 Å². The van der Waals surface area contributed by atoms with Crippen molar-refractivity contribution in [2.45, 2.75) is 12.8 Å². The summed E-state index contributed by atoms with van der Waals surface area (Å²) in [5, 5.41) is 3.96. The number of aromatic nitrogens is 4. The Balaban J connectivity index is 1.43. The van der Waals surface area contributed by atoms with Crippen molar-refractivity contribution in [2.24, 2.45) is 0 Å². The van der Waals surface area contributed by atoms with Gasteiger partial charge >= 0.3 is 12.3 Å². The highest BCUT2D eigenvalue weighted by atomic mass is 19.4. The Morgan fingerprint density at radius 2 is 1.83 bits per heavy atom. The highest BCUT2D eigenvalue weighted by Crippen LogP contribution is 2.30. The fourth-order valence-electron chi connectivity index (χ4n) is 3.10. The van der Waals surface area contributed by atoms with Gasteiger partial charge < -0.3 is 14.5 Å². The molecule has 152 valence electrons. The molecule has 8 nitrogen and oxygen atoms in total. The molecule has 0 unspecified atom stereocenters. The van der Waals surface area contributed by atoms with Crippen LogP contribution in [0.5, 0.6) is 0 Å². The van der Waals surface area contributed by atoms with Crippen molar-refractivity contribution in [2.75, 3.05) is 31.1 Å². The Morgan fingerprint density at radius 3 is 2.52 bits per heavy atom. The second-order valence-electron chi connectivity index (χ2n) is 6.48. The number of halogens is 3. The lowest BCUT2D eigenvalue weighted by atomic mass is 10.2. The molecule has 1 saturated heterocycles. The number of carbonyl (C=O) groups is 1. The number of nitrogens with zero attached hydrogens (tertiary/aromatic N) is 6. The SMILES string of the molecule is O=C(OCc1ccccc1)N1CCN(c2cc(C(F)(F)F)nc3ncnn23)CC1. The van der Waals surface area contributed by atoms with Crippen LogP contribution >= 0.6 is 0 Å². The summed E-state index contributed by atoms with van der Waals surface area (Å²) in [7, 11) is 0. The van der Waals surface area contributed by atoms with Gasteiger partial charge in [-0.25, -0.2) is 9.78 Å². The molecule has 1 aromatic carbocycles. The van der Waals surface area contributed by atoms with Crippen molar-refractivity contribution in [3.05, 3.63) is 54.0 Å². The first-order valence-electron chi connectivity index (χ1n) is 8.90. The number of carbonyl (C=O) groups excluding carboxylic acids is 1. The van der Waals surface area contributed by atoms with E-state index in [0.29, 0.717) is 26.2 Å². The quantitative estimate of drug-likeness (QED) is 0.666. The standard InChI is InChI=1S/C18H17F3N6O2/c19-18(20,21)14-10-15(27-16(24-14)22-12-23-27)25-6-8-26(9-7-25)17(28)29-11-13-4-2-1-3-5-13/h1-5,10,12H,6-9,11H2. The average molecular weight is 406 g/mol. The first-order valence-corrected chi connectivity index (χ1v) is 8.90. The number of benzene rings is 1. The molecule has 0 atom stereocenters. The van der Waals surface area contributed by atoms with Crippen LogP contribution < -0.4 is 4.90 Å². The molecule has 1 amide bonds. The Labute approximate surface area is 163 Å². The van der Waals surface area contributed by atoms with Crippen LogP contribution in [0.4, 0.5) is 23.8 Å². The number of anilines is 1. The fourth-order valence-corrected chi connectivity index (χ4v) is 3.10. The lowest BCUT2D eigenvalue weighted by Gasteiger charge is -2.35. The summed E-state index contributed by atoms with van der Waals surface area (Å²) in [6.45, 7) is 1.45. The molecule has 1 aliphatic heterocycles. The molecule has 11 heteroatoms. The van der Waals surface area contributed by atoms with E-state index in [0.717, 1.165) is 18.0 Å². The number of alkyl halides is 3. The van der Waals surface area contributed by atoms with Crippen LogP contribution in [0.2, 0.25) is 0 Å². The summed E-state index contributed by atoms with van der Waals surface area (Å²) in [5.74, 6) is 0.108. The van der Waals surface area contributed by atoms with Crippen LogP contribution in [-0.4, -0.2) is 56.8 Å². The van der Waals surface area contributed by atoms with Crippen molar-refractivity contribution in [1.29, 1.82) is 0 Å². The van der Waals surface area contributed by atoms with Gasteiger partial charge in [0, 0.05) is 32.2 Å².